The normalized spacial score (nSPS) is 29.5. The van der Waals surface area contributed by atoms with Crippen molar-refractivity contribution in [2.24, 2.45) is 34.5 Å². The topological polar surface area (TPSA) is 37.3 Å². The van der Waals surface area contributed by atoms with Gasteiger partial charge in [0.15, 0.2) is 0 Å². The summed E-state index contributed by atoms with van der Waals surface area (Å²) in [6.45, 7) is 21.9. The van der Waals surface area contributed by atoms with E-state index in [0.717, 1.165) is 19.3 Å². The molecule has 0 unspecified atom stereocenters. The molecule has 2 nitrogen and oxygen atoms in total. The third-order valence-corrected chi connectivity index (χ3v) is 9.75. The zero-order chi connectivity index (χ0) is 32.9. The van der Waals surface area contributed by atoms with E-state index >= 15 is 0 Å². The monoisotopic (exact) mass is 596 g/mol. The fourth-order valence-corrected chi connectivity index (χ4v) is 6.47. The predicted molar refractivity (Wildman–Crippen MR) is 192 cm³/mol. The number of ketones is 1. The number of Topliss-reactive ketones (excluding diaryl/α,β-unsaturated/α-hetero) is 1. The average Bonchev–Trinajstić information content (AvgIpc) is 2.95. The highest BCUT2D eigenvalue weighted by atomic mass is 16.3. The zero-order valence-electron chi connectivity index (χ0n) is 29.3. The molecule has 0 radical (unpaired) electrons. The Kier molecular flexibility index (Phi) is 14.8. The summed E-state index contributed by atoms with van der Waals surface area (Å²) in [5, 5.41) is 10.3. The molecule has 2 aliphatic carbocycles. The largest absolute Gasteiger partial charge is 0.393 e. The van der Waals surface area contributed by atoms with Crippen molar-refractivity contribution in [3.05, 3.63) is 120 Å². The highest BCUT2D eigenvalue weighted by molar-refractivity contribution is 5.82. The Morgan fingerprint density at radius 2 is 1.11 bits per heavy atom. The highest BCUT2D eigenvalue weighted by Gasteiger charge is 2.40. The summed E-state index contributed by atoms with van der Waals surface area (Å²) in [6, 6.07) is 0. The molecular formula is C42H60O2. The summed E-state index contributed by atoms with van der Waals surface area (Å²) >= 11 is 0. The maximum Gasteiger partial charge on any atom is 0.136 e. The number of allylic oxidation sites excluding steroid dienone is 20. The molecule has 0 aromatic rings. The maximum atomic E-state index is 12.2. The SMILES string of the molecule is CC(=C/C=C/C(C)=C/C=C/C=C(C)/C=C/C=C(C)\C=C\[C@H]1[C@H](C)C(=O)CCC1(C)C)/C=C/C=C/[C@H]1[C@H](C)[C@@H](O)CCC1(C)C. The van der Waals surface area contributed by atoms with Crippen molar-refractivity contribution in [3.63, 3.8) is 0 Å². The van der Waals surface area contributed by atoms with Crippen LogP contribution in [0.4, 0.5) is 0 Å². The quantitative estimate of drug-likeness (QED) is 0.241. The first kappa shape index (κ1) is 37.2. The van der Waals surface area contributed by atoms with Gasteiger partial charge in [0.05, 0.1) is 6.10 Å². The van der Waals surface area contributed by atoms with E-state index in [2.05, 4.69) is 166 Å². The molecule has 2 fully saturated rings. The molecule has 0 heterocycles. The van der Waals surface area contributed by atoms with E-state index in [0.29, 0.717) is 30.0 Å². The van der Waals surface area contributed by atoms with Crippen molar-refractivity contribution >= 4 is 5.78 Å². The Bertz CT molecular complexity index is 1260. The Labute approximate surface area is 270 Å². The van der Waals surface area contributed by atoms with Gasteiger partial charge in [0.2, 0.25) is 0 Å². The number of hydrogen-bond acceptors (Lipinski definition) is 2. The Balaban J connectivity index is 1.85. The molecule has 2 aliphatic rings. The number of aliphatic hydroxyl groups is 1. The van der Waals surface area contributed by atoms with Gasteiger partial charge >= 0.3 is 0 Å². The standard InChI is InChI=1S/C42H60O2/c1-31(20-15-21-33(3)19-13-14-24-37-35(5)39(43)27-29-41(37,7)8)17-11-12-18-32(2)22-16-23-34(4)25-26-38-36(6)40(44)28-30-42(38,9)10/h11-26,35-39,43H,27-30H2,1-10H3/b12-11+,19-13+,20-15+,22-16+,24-14+,26-25+,31-17+,32-18+,33-21-,34-23-/t35-,36-,37-,38-,39-/m0/s1. The van der Waals surface area contributed by atoms with Gasteiger partial charge in [0.25, 0.3) is 0 Å². The molecule has 5 atom stereocenters. The summed E-state index contributed by atoms with van der Waals surface area (Å²) in [6.07, 6.45) is 37.5. The first-order valence-electron chi connectivity index (χ1n) is 16.6. The molecule has 1 N–H and O–H groups in total. The van der Waals surface area contributed by atoms with Gasteiger partial charge in [-0.2, -0.15) is 0 Å². The van der Waals surface area contributed by atoms with Gasteiger partial charge in [-0.1, -0.05) is 161 Å². The van der Waals surface area contributed by atoms with Gasteiger partial charge in [-0.3, -0.25) is 4.79 Å². The molecule has 2 heteroatoms. The van der Waals surface area contributed by atoms with Crippen LogP contribution in [0.15, 0.2) is 120 Å². The van der Waals surface area contributed by atoms with E-state index in [9.17, 15) is 9.90 Å². The van der Waals surface area contributed by atoms with Crippen LogP contribution in [-0.2, 0) is 4.79 Å². The van der Waals surface area contributed by atoms with Crippen LogP contribution in [0.3, 0.4) is 0 Å². The van der Waals surface area contributed by atoms with E-state index in [1.54, 1.807) is 0 Å². The first-order chi connectivity index (χ1) is 20.6. The van der Waals surface area contributed by atoms with Gasteiger partial charge in [0, 0.05) is 12.3 Å². The second kappa shape index (κ2) is 17.5. The third kappa shape index (κ3) is 12.2. The van der Waals surface area contributed by atoms with E-state index in [1.165, 1.54) is 22.3 Å². The minimum absolute atomic E-state index is 0.0967. The van der Waals surface area contributed by atoms with Crippen LogP contribution in [0.1, 0.15) is 94.9 Å². The number of aliphatic hydroxyl groups excluding tert-OH is 1. The Hall–Kier alpha value is -2.97. The molecule has 0 bridgehead atoms. The summed E-state index contributed by atoms with van der Waals surface area (Å²) < 4.78 is 0. The molecule has 0 spiro atoms. The maximum absolute atomic E-state index is 12.2. The molecule has 240 valence electrons. The Morgan fingerprint density at radius 1 is 0.636 bits per heavy atom. The lowest BCUT2D eigenvalue weighted by molar-refractivity contribution is -0.128. The van der Waals surface area contributed by atoms with E-state index in [-0.39, 0.29) is 22.9 Å². The number of carbonyl (C=O) groups is 1. The molecule has 2 saturated carbocycles. The molecular weight excluding hydrogens is 536 g/mol. The van der Waals surface area contributed by atoms with Crippen LogP contribution in [0, 0.1) is 34.5 Å². The molecule has 0 aromatic heterocycles. The fraction of sp³-hybridized carbons (Fsp3) is 0.500. The van der Waals surface area contributed by atoms with Crippen molar-refractivity contribution in [3.8, 4) is 0 Å². The first-order valence-corrected chi connectivity index (χ1v) is 16.6. The van der Waals surface area contributed by atoms with Gasteiger partial charge < -0.3 is 5.11 Å². The van der Waals surface area contributed by atoms with Gasteiger partial charge in [-0.25, -0.2) is 0 Å². The van der Waals surface area contributed by atoms with Crippen LogP contribution in [-0.4, -0.2) is 17.0 Å². The second-order valence-electron chi connectivity index (χ2n) is 14.6. The van der Waals surface area contributed by atoms with E-state index in [4.69, 9.17) is 0 Å². The third-order valence-electron chi connectivity index (χ3n) is 9.75. The smallest absolute Gasteiger partial charge is 0.136 e. The van der Waals surface area contributed by atoms with E-state index in [1.807, 2.05) is 0 Å². The highest BCUT2D eigenvalue weighted by Crippen LogP contribution is 2.45. The zero-order valence-corrected chi connectivity index (χ0v) is 29.3. The van der Waals surface area contributed by atoms with Crippen LogP contribution >= 0.6 is 0 Å². The number of rotatable bonds is 11. The fourth-order valence-electron chi connectivity index (χ4n) is 6.47. The van der Waals surface area contributed by atoms with Crippen molar-refractivity contribution in [2.75, 3.05) is 0 Å². The summed E-state index contributed by atoms with van der Waals surface area (Å²) in [5.41, 5.74) is 5.13. The van der Waals surface area contributed by atoms with Crippen LogP contribution in [0.5, 0.6) is 0 Å². The Morgan fingerprint density at radius 3 is 1.68 bits per heavy atom. The van der Waals surface area contributed by atoms with Crippen molar-refractivity contribution in [1.82, 2.24) is 0 Å². The number of hydrogen-bond donors (Lipinski definition) is 1. The van der Waals surface area contributed by atoms with Gasteiger partial charge in [-0.15, -0.1) is 0 Å². The average molecular weight is 597 g/mol. The molecule has 0 aliphatic heterocycles. The van der Waals surface area contributed by atoms with Gasteiger partial charge in [0.1, 0.15) is 5.78 Å². The predicted octanol–water partition coefficient (Wildman–Crippen LogP) is 11.2. The van der Waals surface area contributed by atoms with Crippen molar-refractivity contribution in [2.45, 2.75) is 101 Å². The molecule has 0 amide bonds. The lowest BCUT2D eigenvalue weighted by Crippen LogP contribution is -2.40. The lowest BCUT2D eigenvalue weighted by atomic mass is 9.63. The molecule has 44 heavy (non-hydrogen) atoms. The molecule has 0 aromatic carbocycles. The van der Waals surface area contributed by atoms with E-state index < -0.39 is 0 Å². The minimum atomic E-state index is -0.194. The van der Waals surface area contributed by atoms with Crippen LogP contribution in [0.25, 0.3) is 0 Å². The number of carbonyl (C=O) groups excluding carboxylic acids is 1. The lowest BCUT2D eigenvalue weighted by Gasteiger charge is -2.44. The summed E-state index contributed by atoms with van der Waals surface area (Å²) in [4.78, 5) is 12.2. The van der Waals surface area contributed by atoms with Crippen molar-refractivity contribution in [1.29, 1.82) is 0 Å². The summed E-state index contributed by atoms with van der Waals surface area (Å²) in [5.74, 6) is 1.46. The molecule has 0 saturated heterocycles. The van der Waals surface area contributed by atoms with Crippen LogP contribution < -0.4 is 0 Å². The van der Waals surface area contributed by atoms with Crippen LogP contribution in [0.2, 0.25) is 0 Å². The molecule has 2 rings (SSSR count). The second-order valence-corrected chi connectivity index (χ2v) is 14.6. The van der Waals surface area contributed by atoms with Gasteiger partial charge in [-0.05, 0) is 75.5 Å². The summed E-state index contributed by atoms with van der Waals surface area (Å²) in [7, 11) is 0. The van der Waals surface area contributed by atoms with Crippen molar-refractivity contribution < 1.29 is 9.90 Å². The minimum Gasteiger partial charge on any atom is -0.393 e.